The van der Waals surface area contributed by atoms with Crippen molar-refractivity contribution >= 4 is 17.2 Å². The normalized spacial score (nSPS) is 12.6. The Kier molecular flexibility index (Phi) is 3.60. The third-order valence-corrected chi connectivity index (χ3v) is 3.15. The lowest BCUT2D eigenvalue weighted by Gasteiger charge is -2.11. The number of hydrogen-bond donors (Lipinski definition) is 2. The first-order chi connectivity index (χ1) is 6.54. The van der Waals surface area contributed by atoms with E-state index in [1.165, 1.54) is 0 Å². The fourth-order valence-electron chi connectivity index (χ4n) is 1.31. The predicted octanol–water partition coefficient (Wildman–Crippen LogP) is 0.896. The first-order valence-electron chi connectivity index (χ1n) is 4.48. The molecule has 1 aromatic rings. The summed E-state index contributed by atoms with van der Waals surface area (Å²) in [7, 11) is 0. The molecule has 0 aliphatic carbocycles. The predicted molar refractivity (Wildman–Crippen MR) is 57.2 cm³/mol. The zero-order valence-electron chi connectivity index (χ0n) is 8.63. The maximum atomic E-state index is 11.1. The number of nitrogens with one attached hydrogen (secondary N) is 1. The molecule has 78 valence electrons. The minimum atomic E-state index is -0.136. The van der Waals surface area contributed by atoms with E-state index in [1.807, 2.05) is 20.8 Å². The van der Waals surface area contributed by atoms with Crippen LogP contribution >= 0.6 is 11.3 Å². The van der Waals surface area contributed by atoms with Gasteiger partial charge in [-0.2, -0.15) is 0 Å². The van der Waals surface area contributed by atoms with Gasteiger partial charge in [0.05, 0.1) is 23.3 Å². The van der Waals surface area contributed by atoms with E-state index in [2.05, 4.69) is 10.3 Å². The van der Waals surface area contributed by atoms with Crippen molar-refractivity contribution in [3.05, 3.63) is 15.6 Å². The van der Waals surface area contributed by atoms with Gasteiger partial charge in [-0.1, -0.05) is 0 Å². The zero-order chi connectivity index (χ0) is 10.7. The molecule has 1 heterocycles. The molecule has 0 saturated carbocycles. The Hall–Kier alpha value is -0.940. The minimum absolute atomic E-state index is 0.00255. The van der Waals surface area contributed by atoms with Gasteiger partial charge in [-0.15, -0.1) is 11.3 Å². The van der Waals surface area contributed by atoms with Crippen LogP contribution in [0.1, 0.15) is 28.5 Å². The minimum Gasteiger partial charge on any atom is -0.348 e. The monoisotopic (exact) mass is 213 g/mol. The van der Waals surface area contributed by atoms with Crippen LogP contribution in [0.5, 0.6) is 0 Å². The number of hydrogen-bond acceptors (Lipinski definition) is 4. The van der Waals surface area contributed by atoms with Gasteiger partial charge in [0, 0.05) is 4.88 Å². The van der Waals surface area contributed by atoms with E-state index < -0.39 is 0 Å². The molecule has 5 heteroatoms. The highest BCUT2D eigenvalue weighted by molar-refractivity contribution is 7.11. The summed E-state index contributed by atoms with van der Waals surface area (Å²) >= 11 is 1.61. The number of amides is 1. The average Bonchev–Trinajstić information content (AvgIpc) is 2.45. The second-order valence-corrected chi connectivity index (χ2v) is 4.41. The molecule has 0 spiro atoms. The largest absolute Gasteiger partial charge is 0.348 e. The van der Waals surface area contributed by atoms with Crippen LogP contribution in [0, 0.1) is 13.8 Å². The Morgan fingerprint density at radius 2 is 2.29 bits per heavy atom. The van der Waals surface area contributed by atoms with E-state index in [1.54, 1.807) is 11.3 Å². The molecular formula is C9H15N3OS. The highest BCUT2D eigenvalue weighted by Crippen LogP contribution is 2.23. The fourth-order valence-corrected chi connectivity index (χ4v) is 2.24. The molecule has 3 N–H and O–H groups in total. The van der Waals surface area contributed by atoms with Gasteiger partial charge in [0.2, 0.25) is 5.91 Å². The summed E-state index contributed by atoms with van der Waals surface area (Å²) in [6, 6.07) is -0.00255. The van der Waals surface area contributed by atoms with Crippen molar-refractivity contribution in [2.75, 3.05) is 6.54 Å². The summed E-state index contributed by atoms with van der Waals surface area (Å²) < 4.78 is 0. The van der Waals surface area contributed by atoms with Crippen LogP contribution in [0.4, 0.5) is 0 Å². The molecule has 0 aliphatic heterocycles. The highest BCUT2D eigenvalue weighted by Gasteiger charge is 2.14. The molecule has 0 aromatic carbocycles. The van der Waals surface area contributed by atoms with Crippen LogP contribution in [-0.4, -0.2) is 17.4 Å². The molecule has 1 aromatic heterocycles. The number of nitrogens with zero attached hydrogens (tertiary/aromatic N) is 1. The van der Waals surface area contributed by atoms with Gasteiger partial charge in [0.15, 0.2) is 0 Å². The zero-order valence-corrected chi connectivity index (χ0v) is 9.44. The van der Waals surface area contributed by atoms with Gasteiger partial charge < -0.3 is 11.1 Å². The average molecular weight is 213 g/mol. The lowest BCUT2D eigenvalue weighted by molar-refractivity contribution is -0.120. The second kappa shape index (κ2) is 4.52. The molecule has 1 rings (SSSR count). The maximum Gasteiger partial charge on any atom is 0.234 e. The molecule has 1 unspecified atom stereocenters. The molecule has 0 saturated heterocycles. The van der Waals surface area contributed by atoms with Crippen molar-refractivity contribution in [2.24, 2.45) is 5.73 Å². The summed E-state index contributed by atoms with van der Waals surface area (Å²) in [5, 5.41) is 3.83. The molecule has 14 heavy (non-hydrogen) atoms. The number of nitrogens with two attached hydrogens (primary N) is 1. The Labute approximate surface area is 87.5 Å². The lowest BCUT2D eigenvalue weighted by atomic mass is 10.2. The quantitative estimate of drug-likeness (QED) is 0.783. The summed E-state index contributed by atoms with van der Waals surface area (Å²) in [5.41, 5.74) is 6.20. The van der Waals surface area contributed by atoms with Gasteiger partial charge in [-0.3, -0.25) is 4.79 Å². The van der Waals surface area contributed by atoms with Gasteiger partial charge in [0.1, 0.15) is 0 Å². The molecule has 0 bridgehead atoms. The topological polar surface area (TPSA) is 68.0 Å². The van der Waals surface area contributed by atoms with E-state index in [0.717, 1.165) is 15.6 Å². The van der Waals surface area contributed by atoms with Crippen molar-refractivity contribution in [3.63, 3.8) is 0 Å². The standard InChI is InChI=1S/C9H15N3OS/c1-5-9(14-7(3)11-5)6(2)12-8(13)4-10/h6H,4,10H2,1-3H3,(H,12,13). The third-order valence-electron chi connectivity index (χ3n) is 1.90. The molecule has 0 fully saturated rings. The Morgan fingerprint density at radius 3 is 2.71 bits per heavy atom. The Morgan fingerprint density at radius 1 is 1.64 bits per heavy atom. The number of aromatic nitrogens is 1. The van der Waals surface area contributed by atoms with E-state index in [-0.39, 0.29) is 18.5 Å². The number of aryl methyl sites for hydroxylation is 2. The van der Waals surface area contributed by atoms with Crippen molar-refractivity contribution in [2.45, 2.75) is 26.8 Å². The first-order valence-corrected chi connectivity index (χ1v) is 5.29. The number of thiazole rings is 1. The number of carbonyl (C=O) groups is 1. The molecule has 4 nitrogen and oxygen atoms in total. The summed E-state index contributed by atoms with van der Waals surface area (Å²) in [5.74, 6) is -0.136. The van der Waals surface area contributed by atoms with Crippen molar-refractivity contribution in [1.82, 2.24) is 10.3 Å². The molecule has 1 atom stereocenters. The smallest absolute Gasteiger partial charge is 0.234 e. The van der Waals surface area contributed by atoms with Crippen LogP contribution in [0.2, 0.25) is 0 Å². The van der Waals surface area contributed by atoms with Gasteiger partial charge >= 0.3 is 0 Å². The molecule has 0 radical (unpaired) electrons. The Bertz CT molecular complexity index is 335. The summed E-state index contributed by atoms with van der Waals surface area (Å²) in [6.45, 7) is 5.87. The van der Waals surface area contributed by atoms with E-state index in [0.29, 0.717) is 0 Å². The van der Waals surface area contributed by atoms with Crippen LogP contribution in [0.15, 0.2) is 0 Å². The maximum absolute atomic E-state index is 11.1. The van der Waals surface area contributed by atoms with Crippen molar-refractivity contribution in [3.8, 4) is 0 Å². The van der Waals surface area contributed by atoms with Gasteiger partial charge in [-0.05, 0) is 20.8 Å². The van der Waals surface area contributed by atoms with E-state index in [9.17, 15) is 4.79 Å². The molecule has 1 amide bonds. The SMILES string of the molecule is Cc1nc(C)c(C(C)NC(=O)CN)s1. The van der Waals surface area contributed by atoms with Crippen LogP contribution in [0.3, 0.4) is 0 Å². The molecule has 0 aliphatic rings. The third kappa shape index (κ3) is 2.52. The highest BCUT2D eigenvalue weighted by atomic mass is 32.1. The summed E-state index contributed by atoms with van der Waals surface area (Å²) in [6.07, 6.45) is 0. The van der Waals surface area contributed by atoms with E-state index in [4.69, 9.17) is 5.73 Å². The van der Waals surface area contributed by atoms with E-state index >= 15 is 0 Å². The second-order valence-electron chi connectivity index (χ2n) is 3.18. The van der Waals surface area contributed by atoms with Gasteiger partial charge in [0.25, 0.3) is 0 Å². The van der Waals surface area contributed by atoms with Gasteiger partial charge in [-0.25, -0.2) is 4.98 Å². The van der Waals surface area contributed by atoms with Crippen molar-refractivity contribution < 1.29 is 4.79 Å². The van der Waals surface area contributed by atoms with Crippen LogP contribution in [0.25, 0.3) is 0 Å². The molecular weight excluding hydrogens is 198 g/mol. The van der Waals surface area contributed by atoms with Crippen LogP contribution in [-0.2, 0) is 4.79 Å². The number of carbonyl (C=O) groups excluding carboxylic acids is 1. The summed E-state index contributed by atoms with van der Waals surface area (Å²) in [4.78, 5) is 16.5. The Balaban J connectivity index is 2.73. The van der Waals surface area contributed by atoms with Crippen molar-refractivity contribution in [1.29, 1.82) is 0 Å². The number of rotatable bonds is 3. The van der Waals surface area contributed by atoms with Crippen LogP contribution < -0.4 is 11.1 Å². The fraction of sp³-hybridized carbons (Fsp3) is 0.556. The lowest BCUT2D eigenvalue weighted by Crippen LogP contribution is -2.32. The first kappa shape index (κ1) is 11.1.